The van der Waals surface area contributed by atoms with Crippen molar-refractivity contribution in [1.82, 2.24) is 0 Å². The van der Waals surface area contributed by atoms with Gasteiger partial charge in [-0.25, -0.2) is 0 Å². The van der Waals surface area contributed by atoms with Crippen molar-refractivity contribution in [3.05, 3.63) is 0 Å². The highest BCUT2D eigenvalue weighted by molar-refractivity contribution is 5.66. The van der Waals surface area contributed by atoms with Crippen molar-refractivity contribution in [2.75, 3.05) is 13.2 Å². The molecule has 0 amide bonds. The molecule has 188 valence electrons. The smallest absolute Gasteiger partial charge is 0.303 e. The minimum Gasteiger partial charge on any atom is -0.481 e. The summed E-state index contributed by atoms with van der Waals surface area (Å²) in [6, 6.07) is 0. The third-order valence-corrected chi connectivity index (χ3v) is 5.78. The predicted octanol–water partition coefficient (Wildman–Crippen LogP) is 9.72. The molecule has 0 aromatic rings. The Morgan fingerprint density at radius 2 is 0.774 bits per heavy atom. The molecule has 0 unspecified atom stereocenters. The van der Waals surface area contributed by atoms with Crippen LogP contribution in [-0.4, -0.2) is 24.3 Å². The molecule has 31 heavy (non-hydrogen) atoms. The summed E-state index contributed by atoms with van der Waals surface area (Å²) < 4.78 is 5.65. The summed E-state index contributed by atoms with van der Waals surface area (Å²) in [6.45, 7) is 8.74. The Balaban J connectivity index is 0. The van der Waals surface area contributed by atoms with Crippen molar-refractivity contribution >= 4 is 5.97 Å². The van der Waals surface area contributed by atoms with Gasteiger partial charge in [0.2, 0.25) is 0 Å². The SMILES string of the molecule is CCCCCCCCCCCC(=O)O.CCCCCCCCOCCCCCCCC. The number of aliphatic carboxylic acids is 1. The molecule has 3 nitrogen and oxygen atoms in total. The zero-order valence-electron chi connectivity index (χ0n) is 21.7. The molecular weight excluding hydrogens is 384 g/mol. The van der Waals surface area contributed by atoms with Gasteiger partial charge in [0, 0.05) is 19.6 Å². The predicted molar refractivity (Wildman–Crippen MR) is 137 cm³/mol. The van der Waals surface area contributed by atoms with Crippen molar-refractivity contribution in [2.45, 2.75) is 162 Å². The molecule has 0 heterocycles. The fourth-order valence-corrected chi connectivity index (χ4v) is 3.66. The van der Waals surface area contributed by atoms with Crippen LogP contribution < -0.4 is 0 Å². The molecule has 0 bridgehead atoms. The lowest BCUT2D eigenvalue weighted by molar-refractivity contribution is -0.137. The third-order valence-electron chi connectivity index (χ3n) is 5.78. The molecule has 0 aromatic carbocycles. The van der Waals surface area contributed by atoms with Crippen molar-refractivity contribution in [1.29, 1.82) is 0 Å². The van der Waals surface area contributed by atoms with Gasteiger partial charge in [-0.15, -0.1) is 0 Å². The van der Waals surface area contributed by atoms with E-state index in [2.05, 4.69) is 20.8 Å². The second-order valence-electron chi connectivity index (χ2n) is 9.12. The topological polar surface area (TPSA) is 46.5 Å². The quantitative estimate of drug-likeness (QED) is 0.151. The lowest BCUT2D eigenvalue weighted by atomic mass is 10.1. The third kappa shape index (κ3) is 37.1. The average molecular weight is 443 g/mol. The average Bonchev–Trinajstić information content (AvgIpc) is 2.76. The molecule has 0 rings (SSSR count). The number of rotatable bonds is 24. The van der Waals surface area contributed by atoms with Crippen LogP contribution >= 0.6 is 0 Å². The molecule has 0 atom stereocenters. The number of hydrogen-bond donors (Lipinski definition) is 1. The summed E-state index contributed by atoms with van der Waals surface area (Å²) in [5, 5.41) is 8.41. The molecule has 0 radical (unpaired) electrons. The second kappa shape index (κ2) is 31.6. The molecule has 1 N–H and O–H groups in total. The van der Waals surface area contributed by atoms with Crippen molar-refractivity contribution < 1.29 is 14.6 Å². The Hall–Kier alpha value is -0.570. The van der Waals surface area contributed by atoms with E-state index >= 15 is 0 Å². The molecule has 0 aliphatic heterocycles. The van der Waals surface area contributed by atoms with Crippen LogP contribution in [0.2, 0.25) is 0 Å². The monoisotopic (exact) mass is 442 g/mol. The van der Waals surface area contributed by atoms with Crippen LogP contribution in [0.25, 0.3) is 0 Å². The largest absolute Gasteiger partial charge is 0.481 e. The molecule has 0 saturated carbocycles. The standard InChI is InChI=1S/C16H34O.C12H24O2/c1-3-5-7-9-11-13-15-17-16-14-12-10-8-6-4-2;1-2-3-4-5-6-7-8-9-10-11-12(13)14/h3-16H2,1-2H3;2-11H2,1H3,(H,13,14). The van der Waals surface area contributed by atoms with E-state index in [0.29, 0.717) is 6.42 Å². The highest BCUT2D eigenvalue weighted by Gasteiger charge is 1.96. The Morgan fingerprint density at radius 3 is 1.10 bits per heavy atom. The highest BCUT2D eigenvalue weighted by Crippen LogP contribution is 2.10. The van der Waals surface area contributed by atoms with Crippen LogP contribution in [0.3, 0.4) is 0 Å². The van der Waals surface area contributed by atoms with E-state index in [1.54, 1.807) is 0 Å². The van der Waals surface area contributed by atoms with Gasteiger partial charge < -0.3 is 9.84 Å². The van der Waals surface area contributed by atoms with E-state index in [-0.39, 0.29) is 0 Å². The van der Waals surface area contributed by atoms with Crippen molar-refractivity contribution in [2.24, 2.45) is 0 Å². The first-order chi connectivity index (χ1) is 15.2. The van der Waals surface area contributed by atoms with Gasteiger partial charge >= 0.3 is 5.97 Å². The maximum Gasteiger partial charge on any atom is 0.303 e. The Morgan fingerprint density at radius 1 is 0.484 bits per heavy atom. The lowest BCUT2D eigenvalue weighted by Crippen LogP contribution is -1.97. The van der Waals surface area contributed by atoms with E-state index < -0.39 is 5.97 Å². The van der Waals surface area contributed by atoms with E-state index in [0.717, 1.165) is 26.1 Å². The van der Waals surface area contributed by atoms with Gasteiger partial charge in [-0.2, -0.15) is 0 Å². The Labute approximate surface area is 196 Å². The Kier molecular flexibility index (Phi) is 33.3. The minimum atomic E-state index is -0.659. The number of hydrogen-bond acceptors (Lipinski definition) is 2. The molecule has 0 aromatic heterocycles. The maximum atomic E-state index is 10.2. The molecule has 3 heteroatoms. The summed E-state index contributed by atoms with van der Waals surface area (Å²) in [4.78, 5) is 10.2. The number of unbranched alkanes of at least 4 members (excludes halogenated alkanes) is 18. The van der Waals surface area contributed by atoms with E-state index in [4.69, 9.17) is 9.84 Å². The van der Waals surface area contributed by atoms with Gasteiger partial charge in [-0.3, -0.25) is 4.79 Å². The fraction of sp³-hybridized carbons (Fsp3) is 0.964. The van der Waals surface area contributed by atoms with Gasteiger partial charge in [0.15, 0.2) is 0 Å². The Bertz CT molecular complexity index is 303. The van der Waals surface area contributed by atoms with Gasteiger partial charge in [0.25, 0.3) is 0 Å². The second-order valence-corrected chi connectivity index (χ2v) is 9.12. The lowest BCUT2D eigenvalue weighted by Gasteiger charge is -2.04. The molecule has 0 aliphatic carbocycles. The molecule has 0 spiro atoms. The molecule has 0 aliphatic rings. The van der Waals surface area contributed by atoms with Crippen LogP contribution in [0, 0.1) is 0 Å². The maximum absolute atomic E-state index is 10.2. The zero-order chi connectivity index (χ0) is 23.3. The first-order valence-corrected chi connectivity index (χ1v) is 14.0. The van der Waals surface area contributed by atoms with Crippen LogP contribution in [-0.2, 0) is 9.53 Å². The van der Waals surface area contributed by atoms with Crippen LogP contribution in [0.1, 0.15) is 162 Å². The van der Waals surface area contributed by atoms with Gasteiger partial charge in [0.05, 0.1) is 0 Å². The van der Waals surface area contributed by atoms with Crippen LogP contribution in [0.15, 0.2) is 0 Å². The van der Waals surface area contributed by atoms with Crippen molar-refractivity contribution in [3.63, 3.8) is 0 Å². The number of ether oxygens (including phenoxy) is 1. The summed E-state index contributed by atoms with van der Waals surface area (Å²) in [7, 11) is 0. The highest BCUT2D eigenvalue weighted by atomic mass is 16.5. The summed E-state index contributed by atoms with van der Waals surface area (Å²) in [5.74, 6) is -0.659. The first kappa shape index (κ1) is 32.6. The minimum absolute atomic E-state index is 0.343. The number of carbonyl (C=O) groups is 1. The van der Waals surface area contributed by atoms with Gasteiger partial charge in [-0.1, -0.05) is 136 Å². The molecule has 0 saturated heterocycles. The zero-order valence-corrected chi connectivity index (χ0v) is 21.7. The van der Waals surface area contributed by atoms with Crippen LogP contribution in [0.5, 0.6) is 0 Å². The fourth-order valence-electron chi connectivity index (χ4n) is 3.66. The van der Waals surface area contributed by atoms with E-state index in [9.17, 15) is 4.79 Å². The van der Waals surface area contributed by atoms with E-state index in [1.165, 1.54) is 122 Å². The van der Waals surface area contributed by atoms with Gasteiger partial charge in [-0.05, 0) is 19.3 Å². The molecular formula is C28H58O3. The normalized spacial score (nSPS) is 10.7. The van der Waals surface area contributed by atoms with E-state index in [1.807, 2.05) is 0 Å². The number of carboxylic acid groups (broad SMARTS) is 1. The van der Waals surface area contributed by atoms with Gasteiger partial charge in [0.1, 0.15) is 0 Å². The van der Waals surface area contributed by atoms with Crippen molar-refractivity contribution in [3.8, 4) is 0 Å². The summed E-state index contributed by atoms with van der Waals surface area (Å²) in [5.41, 5.74) is 0. The molecule has 0 fully saturated rings. The number of carboxylic acids is 1. The summed E-state index contributed by atoms with van der Waals surface area (Å²) in [6.07, 6.45) is 27.8. The first-order valence-electron chi connectivity index (χ1n) is 14.0. The summed E-state index contributed by atoms with van der Waals surface area (Å²) >= 11 is 0. The van der Waals surface area contributed by atoms with Crippen LogP contribution in [0.4, 0.5) is 0 Å².